The Morgan fingerprint density at radius 3 is 2.70 bits per heavy atom. The topological polar surface area (TPSA) is 44.3 Å². The van der Waals surface area contributed by atoms with E-state index in [1.165, 1.54) is 32.5 Å². The Morgan fingerprint density at radius 2 is 2.05 bits per heavy atom. The van der Waals surface area contributed by atoms with Gasteiger partial charge in [0, 0.05) is 26.2 Å². The van der Waals surface area contributed by atoms with Crippen molar-refractivity contribution in [2.45, 2.75) is 32.7 Å². The standard InChI is InChI=1S/C15H27N5/c1-3-6-16-15-12-17-14(11-18-15)13-19(2)9-10-20-7-4-5-8-20/h11-12H,3-10,13H2,1-2H3,(H,16,18). The first-order chi connectivity index (χ1) is 9.78. The molecule has 0 aliphatic carbocycles. The smallest absolute Gasteiger partial charge is 0.144 e. The van der Waals surface area contributed by atoms with Crippen molar-refractivity contribution in [3.8, 4) is 0 Å². The summed E-state index contributed by atoms with van der Waals surface area (Å²) in [6.45, 7) is 8.76. The van der Waals surface area contributed by atoms with Gasteiger partial charge in [0.25, 0.3) is 0 Å². The highest BCUT2D eigenvalue weighted by atomic mass is 15.2. The minimum atomic E-state index is 0.870. The van der Waals surface area contributed by atoms with Crippen LogP contribution >= 0.6 is 0 Å². The predicted molar refractivity (Wildman–Crippen MR) is 82.8 cm³/mol. The molecular formula is C15H27N5. The quantitative estimate of drug-likeness (QED) is 0.785. The molecule has 112 valence electrons. The van der Waals surface area contributed by atoms with Crippen LogP contribution in [-0.4, -0.2) is 59.5 Å². The molecule has 1 fully saturated rings. The molecule has 1 aliphatic rings. The van der Waals surface area contributed by atoms with E-state index in [0.717, 1.165) is 37.6 Å². The van der Waals surface area contributed by atoms with Crippen molar-refractivity contribution in [3.63, 3.8) is 0 Å². The third-order valence-corrected chi connectivity index (χ3v) is 3.69. The van der Waals surface area contributed by atoms with Gasteiger partial charge in [-0.1, -0.05) is 6.92 Å². The van der Waals surface area contributed by atoms with Crippen molar-refractivity contribution in [1.82, 2.24) is 19.8 Å². The van der Waals surface area contributed by atoms with Crippen LogP contribution in [0.5, 0.6) is 0 Å². The van der Waals surface area contributed by atoms with Crippen LogP contribution < -0.4 is 5.32 Å². The molecule has 0 amide bonds. The predicted octanol–water partition coefficient (Wildman–Crippen LogP) is 1.83. The molecule has 5 heteroatoms. The molecule has 0 spiro atoms. The molecule has 0 unspecified atom stereocenters. The summed E-state index contributed by atoms with van der Waals surface area (Å²) in [7, 11) is 2.15. The Bertz CT molecular complexity index is 372. The van der Waals surface area contributed by atoms with Gasteiger partial charge in [-0.15, -0.1) is 0 Å². The first-order valence-electron chi connectivity index (χ1n) is 7.73. The maximum Gasteiger partial charge on any atom is 0.144 e. The number of anilines is 1. The molecule has 0 aromatic carbocycles. The molecule has 0 bridgehead atoms. The van der Waals surface area contributed by atoms with Gasteiger partial charge in [-0.2, -0.15) is 0 Å². The normalized spacial score (nSPS) is 15.9. The number of aromatic nitrogens is 2. The molecule has 20 heavy (non-hydrogen) atoms. The molecule has 1 aliphatic heterocycles. The molecule has 1 aromatic heterocycles. The van der Waals surface area contributed by atoms with Crippen molar-refractivity contribution >= 4 is 5.82 Å². The number of nitrogens with zero attached hydrogens (tertiary/aromatic N) is 4. The van der Waals surface area contributed by atoms with Crippen LogP contribution in [0.15, 0.2) is 12.4 Å². The Hall–Kier alpha value is -1.20. The van der Waals surface area contributed by atoms with Crippen LogP contribution in [0.25, 0.3) is 0 Å². The lowest BCUT2D eigenvalue weighted by Gasteiger charge is -2.20. The number of nitrogens with one attached hydrogen (secondary N) is 1. The van der Waals surface area contributed by atoms with Gasteiger partial charge >= 0.3 is 0 Å². The van der Waals surface area contributed by atoms with Crippen LogP contribution in [0.4, 0.5) is 5.82 Å². The molecule has 2 heterocycles. The Morgan fingerprint density at radius 1 is 1.25 bits per heavy atom. The fourth-order valence-corrected chi connectivity index (χ4v) is 2.45. The monoisotopic (exact) mass is 277 g/mol. The van der Waals surface area contributed by atoms with Gasteiger partial charge in [-0.05, 0) is 39.4 Å². The summed E-state index contributed by atoms with van der Waals surface area (Å²) in [6, 6.07) is 0. The van der Waals surface area contributed by atoms with Crippen molar-refractivity contribution in [1.29, 1.82) is 0 Å². The highest BCUT2D eigenvalue weighted by Gasteiger charge is 2.12. The summed E-state index contributed by atoms with van der Waals surface area (Å²) >= 11 is 0. The fourth-order valence-electron chi connectivity index (χ4n) is 2.45. The second kappa shape index (κ2) is 8.17. The highest BCUT2D eigenvalue weighted by molar-refractivity contribution is 5.30. The van der Waals surface area contributed by atoms with E-state index in [1.54, 1.807) is 0 Å². The van der Waals surface area contributed by atoms with E-state index in [-0.39, 0.29) is 0 Å². The van der Waals surface area contributed by atoms with Gasteiger partial charge in [0.15, 0.2) is 0 Å². The van der Waals surface area contributed by atoms with E-state index in [0.29, 0.717) is 0 Å². The van der Waals surface area contributed by atoms with Crippen LogP contribution in [0.2, 0.25) is 0 Å². The summed E-state index contributed by atoms with van der Waals surface area (Å²) in [6.07, 6.45) is 7.54. The second-order valence-corrected chi connectivity index (χ2v) is 5.61. The van der Waals surface area contributed by atoms with Gasteiger partial charge in [-0.3, -0.25) is 9.88 Å². The van der Waals surface area contributed by atoms with Crippen LogP contribution in [-0.2, 0) is 6.54 Å². The molecule has 0 radical (unpaired) electrons. The largest absolute Gasteiger partial charge is 0.369 e. The molecule has 0 atom stereocenters. The maximum atomic E-state index is 4.47. The van der Waals surface area contributed by atoms with Crippen LogP contribution in [0, 0.1) is 0 Å². The van der Waals surface area contributed by atoms with Crippen molar-refractivity contribution in [3.05, 3.63) is 18.1 Å². The van der Waals surface area contributed by atoms with E-state index in [9.17, 15) is 0 Å². The van der Waals surface area contributed by atoms with E-state index in [4.69, 9.17) is 0 Å². The molecule has 0 saturated carbocycles. The summed E-state index contributed by atoms with van der Waals surface area (Å²) in [5.74, 6) is 0.871. The lowest BCUT2D eigenvalue weighted by Crippen LogP contribution is -2.31. The van der Waals surface area contributed by atoms with Crippen LogP contribution in [0.1, 0.15) is 31.9 Å². The average Bonchev–Trinajstić information content (AvgIpc) is 2.98. The summed E-state index contributed by atoms with van der Waals surface area (Å²) in [4.78, 5) is 13.7. The summed E-state index contributed by atoms with van der Waals surface area (Å²) < 4.78 is 0. The third-order valence-electron chi connectivity index (χ3n) is 3.69. The van der Waals surface area contributed by atoms with E-state index >= 15 is 0 Å². The Kier molecular flexibility index (Phi) is 6.21. The highest BCUT2D eigenvalue weighted by Crippen LogP contribution is 2.07. The molecular weight excluding hydrogens is 250 g/mol. The minimum absolute atomic E-state index is 0.870. The molecule has 1 aromatic rings. The number of likely N-dealkylation sites (tertiary alicyclic amines) is 1. The Labute approximate surface area is 122 Å². The van der Waals surface area contributed by atoms with E-state index < -0.39 is 0 Å². The van der Waals surface area contributed by atoms with Crippen molar-refractivity contribution in [2.24, 2.45) is 0 Å². The SMILES string of the molecule is CCCNc1cnc(CN(C)CCN2CCCC2)cn1. The lowest BCUT2D eigenvalue weighted by molar-refractivity contribution is 0.250. The summed E-state index contributed by atoms with van der Waals surface area (Å²) in [5, 5.41) is 3.24. The molecule has 5 nitrogen and oxygen atoms in total. The first-order valence-corrected chi connectivity index (χ1v) is 7.73. The Balaban J connectivity index is 1.71. The number of hydrogen-bond donors (Lipinski definition) is 1. The van der Waals surface area contributed by atoms with E-state index in [2.05, 4.69) is 39.1 Å². The van der Waals surface area contributed by atoms with Crippen molar-refractivity contribution in [2.75, 3.05) is 45.1 Å². The van der Waals surface area contributed by atoms with Gasteiger partial charge in [0.2, 0.25) is 0 Å². The zero-order valence-electron chi connectivity index (χ0n) is 12.8. The fraction of sp³-hybridized carbons (Fsp3) is 0.733. The number of hydrogen-bond acceptors (Lipinski definition) is 5. The second-order valence-electron chi connectivity index (χ2n) is 5.61. The van der Waals surface area contributed by atoms with Gasteiger partial charge in [0.05, 0.1) is 18.1 Å². The lowest BCUT2D eigenvalue weighted by atomic mass is 10.4. The number of rotatable bonds is 8. The molecule has 2 rings (SSSR count). The zero-order chi connectivity index (χ0) is 14.2. The third kappa shape index (κ3) is 5.06. The summed E-state index contributed by atoms with van der Waals surface area (Å²) in [5.41, 5.74) is 1.04. The van der Waals surface area contributed by atoms with Gasteiger partial charge in [-0.25, -0.2) is 4.98 Å². The average molecular weight is 277 g/mol. The number of likely N-dealkylation sites (N-methyl/N-ethyl adjacent to an activating group) is 1. The van der Waals surface area contributed by atoms with E-state index in [1.807, 2.05) is 12.4 Å². The zero-order valence-corrected chi connectivity index (χ0v) is 12.8. The van der Waals surface area contributed by atoms with Gasteiger partial charge < -0.3 is 10.2 Å². The van der Waals surface area contributed by atoms with Crippen LogP contribution in [0.3, 0.4) is 0 Å². The minimum Gasteiger partial charge on any atom is -0.369 e. The molecule has 1 N–H and O–H groups in total. The maximum absolute atomic E-state index is 4.47. The van der Waals surface area contributed by atoms with Gasteiger partial charge in [0.1, 0.15) is 5.82 Å². The van der Waals surface area contributed by atoms with Crippen molar-refractivity contribution < 1.29 is 0 Å². The first kappa shape index (κ1) is 15.2. The molecule has 1 saturated heterocycles.